The summed E-state index contributed by atoms with van der Waals surface area (Å²) >= 11 is 7.46. The van der Waals surface area contributed by atoms with E-state index in [2.05, 4.69) is 9.97 Å². The van der Waals surface area contributed by atoms with Gasteiger partial charge in [0.1, 0.15) is 24.3 Å². The van der Waals surface area contributed by atoms with Gasteiger partial charge in [-0.25, -0.2) is 9.78 Å². The minimum absolute atomic E-state index is 0.0205. The maximum atomic E-state index is 13.3. The number of nitriles is 1. The van der Waals surface area contributed by atoms with Crippen LogP contribution >= 0.6 is 22.9 Å². The Bertz CT molecular complexity index is 1930. The van der Waals surface area contributed by atoms with Crippen molar-refractivity contribution in [1.82, 2.24) is 14.5 Å². The zero-order valence-electron chi connectivity index (χ0n) is 20.4. The van der Waals surface area contributed by atoms with Crippen LogP contribution in [-0.2, 0) is 12.7 Å². The first-order valence-electron chi connectivity index (χ1n) is 11.5. The molecule has 0 aliphatic rings. The lowest BCUT2D eigenvalue weighted by Crippen LogP contribution is -2.27. The summed E-state index contributed by atoms with van der Waals surface area (Å²) < 4.78 is 47.5. The van der Waals surface area contributed by atoms with E-state index in [1.54, 1.807) is 29.6 Å². The molecule has 0 aliphatic heterocycles. The molecular formula is C27H16ClF3N4O4S. The van der Waals surface area contributed by atoms with Crippen LogP contribution in [0.5, 0.6) is 5.75 Å². The van der Waals surface area contributed by atoms with Crippen molar-refractivity contribution in [1.29, 1.82) is 5.26 Å². The maximum absolute atomic E-state index is 13.3. The number of pyridine rings is 1. The number of aromatic nitrogens is 3. The second-order valence-corrected chi connectivity index (χ2v) is 9.94. The minimum Gasteiger partial charge on any atom is -0.491 e. The van der Waals surface area contributed by atoms with Gasteiger partial charge < -0.3 is 9.84 Å². The van der Waals surface area contributed by atoms with Crippen molar-refractivity contribution in [2.45, 2.75) is 19.6 Å². The fourth-order valence-corrected chi connectivity index (χ4v) is 5.55. The summed E-state index contributed by atoms with van der Waals surface area (Å²) in [7, 11) is 0. The summed E-state index contributed by atoms with van der Waals surface area (Å²) in [4.78, 5) is 33.4. The Labute approximate surface area is 232 Å². The number of carboxylic acids is 1. The SMILES string of the molecule is Cc1nc2cc(C(F)(F)F)cc(C#N)c2c(=O)n1CCOc1ccc(Cl)cc1-c1csc2c(C(=O)O)ccnc12. The Kier molecular flexibility index (Phi) is 6.95. The van der Waals surface area contributed by atoms with Gasteiger partial charge in [-0.1, -0.05) is 11.6 Å². The third-order valence-corrected chi connectivity index (χ3v) is 7.42. The zero-order valence-corrected chi connectivity index (χ0v) is 22.0. The van der Waals surface area contributed by atoms with Crippen molar-refractivity contribution in [3.8, 4) is 22.9 Å². The molecule has 1 N–H and O–H groups in total. The Balaban J connectivity index is 1.48. The van der Waals surface area contributed by atoms with Crippen LogP contribution in [-0.4, -0.2) is 32.2 Å². The normalized spacial score (nSPS) is 11.6. The maximum Gasteiger partial charge on any atom is 0.416 e. The molecule has 202 valence electrons. The highest BCUT2D eigenvalue weighted by atomic mass is 35.5. The highest BCUT2D eigenvalue weighted by Crippen LogP contribution is 2.40. The first-order valence-corrected chi connectivity index (χ1v) is 12.8. The summed E-state index contributed by atoms with van der Waals surface area (Å²) in [6.45, 7) is 1.42. The molecule has 0 saturated heterocycles. The quantitative estimate of drug-likeness (QED) is 0.249. The summed E-state index contributed by atoms with van der Waals surface area (Å²) in [6.07, 6.45) is -3.30. The third kappa shape index (κ3) is 4.85. The molecular weight excluding hydrogens is 569 g/mol. The van der Waals surface area contributed by atoms with E-state index in [1.165, 1.54) is 35.1 Å². The average molecular weight is 585 g/mol. The lowest BCUT2D eigenvalue weighted by Gasteiger charge is -2.15. The lowest BCUT2D eigenvalue weighted by molar-refractivity contribution is -0.137. The topological polar surface area (TPSA) is 118 Å². The zero-order chi connectivity index (χ0) is 28.8. The number of rotatable bonds is 6. The summed E-state index contributed by atoms with van der Waals surface area (Å²) in [5.74, 6) is -0.546. The Morgan fingerprint density at radius 2 is 2.00 bits per heavy atom. The number of benzene rings is 2. The van der Waals surface area contributed by atoms with Gasteiger partial charge in [0.2, 0.25) is 0 Å². The fraction of sp³-hybridized carbons (Fsp3) is 0.148. The number of carboxylic acid groups (broad SMARTS) is 1. The van der Waals surface area contributed by atoms with Gasteiger partial charge in [-0.3, -0.25) is 14.3 Å². The van der Waals surface area contributed by atoms with E-state index in [4.69, 9.17) is 16.3 Å². The van der Waals surface area contributed by atoms with E-state index < -0.39 is 28.8 Å². The molecule has 3 heterocycles. The molecule has 0 unspecified atom stereocenters. The number of aromatic carboxylic acids is 1. The Morgan fingerprint density at radius 1 is 1.23 bits per heavy atom. The molecule has 5 rings (SSSR count). The van der Waals surface area contributed by atoms with Gasteiger partial charge in [0.05, 0.1) is 44.4 Å². The lowest BCUT2D eigenvalue weighted by atomic mass is 10.1. The molecule has 40 heavy (non-hydrogen) atoms. The van der Waals surface area contributed by atoms with Crippen molar-refractivity contribution < 1.29 is 27.8 Å². The molecule has 13 heteroatoms. The van der Waals surface area contributed by atoms with E-state index in [0.717, 1.165) is 6.07 Å². The first-order chi connectivity index (χ1) is 19.0. The van der Waals surface area contributed by atoms with Gasteiger partial charge in [0.25, 0.3) is 5.56 Å². The summed E-state index contributed by atoms with van der Waals surface area (Å²) in [5.41, 5.74) is -0.625. The van der Waals surface area contributed by atoms with Crippen molar-refractivity contribution >= 4 is 50.0 Å². The van der Waals surface area contributed by atoms with Gasteiger partial charge in [0, 0.05) is 27.7 Å². The molecule has 0 atom stereocenters. The van der Waals surface area contributed by atoms with Gasteiger partial charge in [-0.15, -0.1) is 11.3 Å². The van der Waals surface area contributed by atoms with Crippen LogP contribution in [0.25, 0.3) is 32.2 Å². The van der Waals surface area contributed by atoms with Gasteiger partial charge in [0.15, 0.2) is 0 Å². The summed E-state index contributed by atoms with van der Waals surface area (Å²) in [5, 5.41) is 20.9. The number of ether oxygens (including phenoxy) is 1. The number of hydrogen-bond donors (Lipinski definition) is 1. The first kappa shape index (κ1) is 27.1. The number of hydrogen-bond acceptors (Lipinski definition) is 7. The molecule has 8 nitrogen and oxygen atoms in total. The largest absolute Gasteiger partial charge is 0.491 e. The molecule has 0 fully saturated rings. The van der Waals surface area contributed by atoms with Crippen LogP contribution in [0.1, 0.15) is 27.3 Å². The van der Waals surface area contributed by atoms with Crippen LogP contribution in [0.2, 0.25) is 5.02 Å². The molecule has 0 saturated carbocycles. The van der Waals surface area contributed by atoms with Gasteiger partial charge >= 0.3 is 12.1 Å². The van der Waals surface area contributed by atoms with E-state index in [1.807, 2.05) is 0 Å². The summed E-state index contributed by atoms with van der Waals surface area (Å²) in [6, 6.07) is 9.36. The van der Waals surface area contributed by atoms with Gasteiger partial charge in [-0.2, -0.15) is 18.4 Å². The van der Waals surface area contributed by atoms with E-state index in [0.29, 0.717) is 38.2 Å². The Morgan fingerprint density at radius 3 is 2.70 bits per heavy atom. The number of thiophene rings is 1. The predicted octanol–water partition coefficient (Wildman–Crippen LogP) is 6.30. The number of alkyl halides is 3. The molecule has 5 aromatic rings. The second kappa shape index (κ2) is 10.3. The number of fused-ring (bicyclic) bond motifs is 2. The third-order valence-electron chi connectivity index (χ3n) is 6.19. The van der Waals surface area contributed by atoms with E-state index in [9.17, 15) is 33.1 Å². The van der Waals surface area contributed by atoms with Gasteiger partial charge in [-0.05, 0) is 43.3 Å². The predicted molar refractivity (Wildman–Crippen MR) is 143 cm³/mol. The number of halogens is 4. The second-order valence-electron chi connectivity index (χ2n) is 8.62. The smallest absolute Gasteiger partial charge is 0.416 e. The monoisotopic (exact) mass is 584 g/mol. The Hall–Kier alpha value is -4.47. The average Bonchev–Trinajstić information content (AvgIpc) is 3.34. The van der Waals surface area contributed by atoms with Crippen LogP contribution < -0.4 is 10.3 Å². The van der Waals surface area contributed by atoms with Crippen LogP contribution in [0.15, 0.2) is 52.8 Å². The number of carbonyl (C=O) groups is 1. The molecule has 0 spiro atoms. The highest BCUT2D eigenvalue weighted by molar-refractivity contribution is 7.18. The number of aryl methyl sites for hydroxylation is 1. The standard InChI is InChI=1S/C27H16ClF3N4O4S/c1-13-34-20-9-15(27(29,30)31)8-14(11-32)22(20)25(36)35(13)6-7-39-21-3-2-16(28)10-18(21)19-12-40-24-17(26(37)38)4-5-33-23(19)24/h2-5,8-10,12H,6-7H2,1H3,(H,37,38). The minimum atomic E-state index is -4.70. The fourth-order valence-electron chi connectivity index (χ4n) is 4.35. The molecule has 2 aromatic carbocycles. The van der Waals surface area contributed by atoms with Crippen molar-refractivity contribution in [2.24, 2.45) is 0 Å². The molecule has 0 aliphatic carbocycles. The van der Waals surface area contributed by atoms with Crippen LogP contribution in [0.4, 0.5) is 13.2 Å². The van der Waals surface area contributed by atoms with Crippen molar-refractivity contribution in [3.63, 3.8) is 0 Å². The van der Waals surface area contributed by atoms with Crippen LogP contribution in [0.3, 0.4) is 0 Å². The van der Waals surface area contributed by atoms with E-state index in [-0.39, 0.29) is 35.4 Å². The highest BCUT2D eigenvalue weighted by Gasteiger charge is 2.32. The molecule has 0 bridgehead atoms. The molecule has 3 aromatic heterocycles. The molecule has 0 radical (unpaired) electrons. The van der Waals surface area contributed by atoms with Crippen LogP contribution in [0, 0.1) is 18.3 Å². The molecule has 0 amide bonds. The van der Waals surface area contributed by atoms with Crippen molar-refractivity contribution in [2.75, 3.05) is 6.61 Å². The number of nitrogens with zero attached hydrogens (tertiary/aromatic N) is 4. The van der Waals surface area contributed by atoms with E-state index >= 15 is 0 Å². The van der Waals surface area contributed by atoms with Crippen molar-refractivity contribution in [3.05, 3.63) is 85.9 Å².